The molecule has 1 aromatic carbocycles. The van der Waals surface area contributed by atoms with Crippen LogP contribution in [-0.2, 0) is 0 Å². The van der Waals surface area contributed by atoms with Crippen LogP contribution < -0.4 is 15.0 Å². The van der Waals surface area contributed by atoms with Crippen molar-refractivity contribution >= 4 is 17.2 Å². The first kappa shape index (κ1) is 16.0. The number of nitro groups is 1. The van der Waals surface area contributed by atoms with Crippen molar-refractivity contribution in [1.82, 2.24) is 4.98 Å². The molecule has 0 unspecified atom stereocenters. The Morgan fingerprint density at radius 3 is 2.46 bits per heavy atom. The van der Waals surface area contributed by atoms with E-state index < -0.39 is 4.92 Å². The minimum Gasteiger partial charge on any atom is -0.497 e. The van der Waals surface area contributed by atoms with Gasteiger partial charge in [0, 0.05) is 30.9 Å². The molecule has 1 N–H and O–H groups in total. The van der Waals surface area contributed by atoms with Gasteiger partial charge in [0.05, 0.1) is 12.0 Å². The van der Waals surface area contributed by atoms with E-state index in [1.54, 1.807) is 13.2 Å². The van der Waals surface area contributed by atoms with Crippen LogP contribution in [-0.4, -0.2) is 36.1 Å². The number of ether oxygens (including phenoxy) is 1. The molecule has 0 spiro atoms. The van der Waals surface area contributed by atoms with Crippen molar-refractivity contribution in [3.63, 3.8) is 0 Å². The summed E-state index contributed by atoms with van der Waals surface area (Å²) >= 11 is 0. The summed E-state index contributed by atoms with van der Waals surface area (Å²) in [5, 5.41) is 14.0. The molecule has 7 heteroatoms. The van der Waals surface area contributed by atoms with E-state index in [1.165, 1.54) is 18.0 Å². The summed E-state index contributed by atoms with van der Waals surface area (Å²) in [6.45, 7) is 1.91. The summed E-state index contributed by atoms with van der Waals surface area (Å²) in [6, 6.07) is 11.6. The second-order valence-electron chi connectivity index (χ2n) is 5.76. The lowest BCUT2D eigenvalue weighted by molar-refractivity contribution is -0.385. The fourth-order valence-corrected chi connectivity index (χ4v) is 2.86. The Morgan fingerprint density at radius 1 is 1.21 bits per heavy atom. The molecule has 3 rings (SSSR count). The molecule has 1 fully saturated rings. The van der Waals surface area contributed by atoms with E-state index in [-0.39, 0.29) is 5.69 Å². The number of aromatic nitrogens is 1. The standard InChI is InChI=1S/C17H20N4O3/c1-24-16-5-2-14(3-6-16)20-10-8-13(9-11-20)19-17-7-4-15(12-18-17)21(22)23/h2-7,12-13H,8-11H2,1H3,(H,18,19). The first-order valence-electron chi connectivity index (χ1n) is 7.91. The largest absolute Gasteiger partial charge is 0.497 e. The van der Waals surface area contributed by atoms with Gasteiger partial charge in [-0.2, -0.15) is 0 Å². The summed E-state index contributed by atoms with van der Waals surface area (Å²) in [4.78, 5) is 16.7. The Labute approximate surface area is 140 Å². The Kier molecular flexibility index (Phi) is 4.79. The Hall–Kier alpha value is -2.83. The summed E-state index contributed by atoms with van der Waals surface area (Å²) in [6.07, 6.45) is 3.27. The van der Waals surface area contributed by atoms with Gasteiger partial charge in [-0.05, 0) is 43.2 Å². The maximum absolute atomic E-state index is 10.6. The second kappa shape index (κ2) is 7.16. The lowest BCUT2D eigenvalue weighted by Crippen LogP contribution is -2.39. The zero-order valence-electron chi connectivity index (χ0n) is 13.5. The molecule has 1 aliphatic heterocycles. The third-order valence-corrected chi connectivity index (χ3v) is 4.24. The first-order valence-corrected chi connectivity index (χ1v) is 7.91. The predicted octanol–water partition coefficient (Wildman–Crippen LogP) is 3.08. The van der Waals surface area contributed by atoms with Gasteiger partial charge in [0.15, 0.2) is 0 Å². The highest BCUT2D eigenvalue weighted by Crippen LogP contribution is 2.24. The van der Waals surface area contributed by atoms with Crippen LogP contribution in [0.3, 0.4) is 0 Å². The zero-order chi connectivity index (χ0) is 16.9. The minimum absolute atomic E-state index is 0.00914. The Balaban J connectivity index is 1.53. The van der Waals surface area contributed by atoms with Crippen LogP contribution in [0.15, 0.2) is 42.6 Å². The molecule has 2 aromatic rings. The van der Waals surface area contributed by atoms with Crippen molar-refractivity contribution in [3.8, 4) is 5.75 Å². The van der Waals surface area contributed by atoms with Gasteiger partial charge in [0.1, 0.15) is 17.8 Å². The van der Waals surface area contributed by atoms with E-state index >= 15 is 0 Å². The third kappa shape index (κ3) is 3.73. The summed E-state index contributed by atoms with van der Waals surface area (Å²) in [7, 11) is 1.67. The van der Waals surface area contributed by atoms with Gasteiger partial charge in [-0.25, -0.2) is 4.98 Å². The predicted molar refractivity (Wildman–Crippen MR) is 92.7 cm³/mol. The molecule has 126 valence electrons. The molecule has 1 aliphatic rings. The molecule has 0 saturated carbocycles. The maximum atomic E-state index is 10.6. The summed E-state index contributed by atoms with van der Waals surface area (Å²) in [5.41, 5.74) is 1.21. The second-order valence-corrected chi connectivity index (χ2v) is 5.76. The molecule has 0 aliphatic carbocycles. The van der Waals surface area contributed by atoms with E-state index in [1.807, 2.05) is 12.1 Å². The lowest BCUT2D eigenvalue weighted by Gasteiger charge is -2.34. The van der Waals surface area contributed by atoms with Crippen LogP contribution in [0.5, 0.6) is 5.75 Å². The fraction of sp³-hybridized carbons (Fsp3) is 0.353. The molecular weight excluding hydrogens is 308 g/mol. The quantitative estimate of drug-likeness (QED) is 0.671. The normalized spacial score (nSPS) is 15.1. The zero-order valence-corrected chi connectivity index (χ0v) is 13.5. The van der Waals surface area contributed by atoms with Crippen molar-refractivity contribution in [1.29, 1.82) is 0 Å². The van der Waals surface area contributed by atoms with E-state index in [2.05, 4.69) is 27.3 Å². The average molecular weight is 328 g/mol. The van der Waals surface area contributed by atoms with Crippen LogP contribution in [0.25, 0.3) is 0 Å². The van der Waals surface area contributed by atoms with Gasteiger partial charge in [-0.15, -0.1) is 0 Å². The van der Waals surface area contributed by atoms with Gasteiger partial charge in [0.25, 0.3) is 5.69 Å². The molecule has 1 saturated heterocycles. The van der Waals surface area contributed by atoms with Gasteiger partial charge < -0.3 is 15.0 Å². The number of nitrogens with zero attached hydrogens (tertiary/aromatic N) is 3. The van der Waals surface area contributed by atoms with Crippen molar-refractivity contribution < 1.29 is 9.66 Å². The van der Waals surface area contributed by atoms with E-state index in [4.69, 9.17) is 4.74 Å². The van der Waals surface area contributed by atoms with Crippen molar-refractivity contribution in [2.24, 2.45) is 0 Å². The topological polar surface area (TPSA) is 80.5 Å². The van der Waals surface area contributed by atoms with Gasteiger partial charge in [-0.3, -0.25) is 10.1 Å². The van der Waals surface area contributed by atoms with Crippen molar-refractivity contribution in [2.75, 3.05) is 30.4 Å². The van der Waals surface area contributed by atoms with Crippen LogP contribution in [0.4, 0.5) is 17.2 Å². The molecule has 7 nitrogen and oxygen atoms in total. The highest BCUT2D eigenvalue weighted by molar-refractivity contribution is 5.50. The van der Waals surface area contributed by atoms with Gasteiger partial charge >= 0.3 is 0 Å². The number of anilines is 2. The van der Waals surface area contributed by atoms with E-state index in [9.17, 15) is 10.1 Å². The molecule has 0 radical (unpaired) electrons. The minimum atomic E-state index is -0.440. The number of nitrogens with one attached hydrogen (secondary N) is 1. The van der Waals surface area contributed by atoms with Crippen LogP contribution in [0.2, 0.25) is 0 Å². The number of rotatable bonds is 5. The number of methoxy groups -OCH3 is 1. The van der Waals surface area contributed by atoms with E-state index in [0.29, 0.717) is 11.9 Å². The van der Waals surface area contributed by atoms with Gasteiger partial charge in [-0.1, -0.05) is 0 Å². The highest BCUT2D eigenvalue weighted by Gasteiger charge is 2.20. The van der Waals surface area contributed by atoms with E-state index in [0.717, 1.165) is 31.7 Å². The number of hydrogen-bond acceptors (Lipinski definition) is 6. The van der Waals surface area contributed by atoms with Crippen LogP contribution >= 0.6 is 0 Å². The van der Waals surface area contributed by atoms with Crippen molar-refractivity contribution in [2.45, 2.75) is 18.9 Å². The molecule has 0 atom stereocenters. The number of piperidine rings is 1. The summed E-state index contributed by atoms with van der Waals surface area (Å²) < 4.78 is 5.19. The SMILES string of the molecule is COc1ccc(N2CCC(Nc3ccc([N+](=O)[O-])cn3)CC2)cc1. The summed E-state index contributed by atoms with van der Waals surface area (Å²) in [5.74, 6) is 1.54. The fourth-order valence-electron chi connectivity index (χ4n) is 2.86. The Bertz CT molecular complexity index is 680. The maximum Gasteiger partial charge on any atom is 0.287 e. The molecule has 0 bridgehead atoms. The van der Waals surface area contributed by atoms with Gasteiger partial charge in [0.2, 0.25) is 0 Å². The van der Waals surface area contributed by atoms with Crippen LogP contribution in [0.1, 0.15) is 12.8 Å². The monoisotopic (exact) mass is 328 g/mol. The lowest BCUT2D eigenvalue weighted by atomic mass is 10.0. The number of hydrogen-bond donors (Lipinski definition) is 1. The number of pyridine rings is 1. The molecule has 24 heavy (non-hydrogen) atoms. The van der Waals surface area contributed by atoms with Crippen molar-refractivity contribution in [3.05, 3.63) is 52.7 Å². The van der Waals surface area contributed by atoms with Crippen LogP contribution in [0, 0.1) is 10.1 Å². The smallest absolute Gasteiger partial charge is 0.287 e. The molecular formula is C17H20N4O3. The first-order chi connectivity index (χ1) is 11.7. The third-order valence-electron chi connectivity index (χ3n) is 4.24. The Morgan fingerprint density at radius 2 is 1.92 bits per heavy atom. The molecule has 2 heterocycles. The molecule has 1 aromatic heterocycles. The number of benzene rings is 1. The molecule has 0 amide bonds. The average Bonchev–Trinajstić information content (AvgIpc) is 2.63. The highest BCUT2D eigenvalue weighted by atomic mass is 16.6.